The smallest absolute Gasteiger partial charge is 0.419 e. The molecule has 0 atom stereocenters. The van der Waals surface area contributed by atoms with Crippen molar-refractivity contribution in [3.05, 3.63) is 35.1 Å². The normalized spacial score (nSPS) is 11.1. The number of ether oxygens (including phenoxy) is 1. The summed E-state index contributed by atoms with van der Waals surface area (Å²) in [4.78, 5) is 21.0. The first-order valence-corrected chi connectivity index (χ1v) is 4.31. The molecule has 1 aromatic rings. The van der Waals surface area contributed by atoms with Crippen molar-refractivity contribution in [2.45, 2.75) is 6.18 Å². The van der Waals surface area contributed by atoms with E-state index in [1.54, 1.807) is 0 Å². The van der Waals surface area contributed by atoms with Crippen LogP contribution >= 0.6 is 0 Å². The summed E-state index contributed by atoms with van der Waals surface area (Å²) in [5.74, 6) is -2.31. The minimum absolute atomic E-state index is 0.00784. The van der Waals surface area contributed by atoms with Crippen LogP contribution in [0.25, 0.3) is 0 Å². The van der Waals surface area contributed by atoms with E-state index in [0.717, 1.165) is 6.07 Å². The number of Topliss-reactive ketones (excluding diaryl/α,β-unsaturated/α-hetero) is 1. The van der Waals surface area contributed by atoms with Gasteiger partial charge in [-0.3, -0.25) is 9.59 Å². The molecular formula is C10H6F4O3. The van der Waals surface area contributed by atoms with Crippen molar-refractivity contribution in [2.24, 2.45) is 0 Å². The highest BCUT2D eigenvalue weighted by molar-refractivity contribution is 5.97. The Bertz CT molecular complexity index is 440. The first kappa shape index (κ1) is 13.1. The Morgan fingerprint density at radius 2 is 2.00 bits per heavy atom. The molecule has 17 heavy (non-hydrogen) atoms. The molecule has 0 N–H and O–H groups in total. The lowest BCUT2D eigenvalue weighted by atomic mass is 10.1. The lowest BCUT2D eigenvalue weighted by molar-refractivity contribution is -0.140. The minimum Gasteiger partial charge on any atom is -0.459 e. The molecule has 0 aromatic heterocycles. The Kier molecular flexibility index (Phi) is 3.82. The van der Waals surface area contributed by atoms with Gasteiger partial charge in [0, 0.05) is 5.56 Å². The number of alkyl halides is 3. The number of hydrogen-bond acceptors (Lipinski definition) is 3. The van der Waals surface area contributed by atoms with Crippen LogP contribution in [-0.4, -0.2) is 18.9 Å². The largest absolute Gasteiger partial charge is 0.459 e. The zero-order chi connectivity index (χ0) is 13.1. The van der Waals surface area contributed by atoms with E-state index in [1.807, 2.05) is 0 Å². The SMILES string of the molecule is O=COCC(=O)c1ccc(F)c(C(F)(F)F)c1. The van der Waals surface area contributed by atoms with Gasteiger partial charge in [0.05, 0.1) is 5.56 Å². The Balaban J connectivity index is 3.04. The Morgan fingerprint density at radius 3 is 2.53 bits per heavy atom. The molecule has 0 amide bonds. The number of benzene rings is 1. The molecule has 92 valence electrons. The number of hydrogen-bond donors (Lipinski definition) is 0. The molecule has 1 aromatic carbocycles. The van der Waals surface area contributed by atoms with Crippen molar-refractivity contribution in [3.63, 3.8) is 0 Å². The molecule has 0 saturated carbocycles. The predicted octanol–water partition coefficient (Wildman–Crippen LogP) is 2.20. The summed E-state index contributed by atoms with van der Waals surface area (Å²) >= 11 is 0. The zero-order valence-electron chi connectivity index (χ0n) is 8.25. The summed E-state index contributed by atoms with van der Waals surface area (Å²) in [7, 11) is 0. The molecule has 0 aliphatic heterocycles. The maximum Gasteiger partial charge on any atom is 0.419 e. The van der Waals surface area contributed by atoms with E-state index in [-0.39, 0.29) is 12.0 Å². The average molecular weight is 250 g/mol. The fraction of sp³-hybridized carbons (Fsp3) is 0.200. The van der Waals surface area contributed by atoms with Gasteiger partial charge in [0.15, 0.2) is 12.4 Å². The minimum atomic E-state index is -4.88. The third-order valence-electron chi connectivity index (χ3n) is 1.88. The lowest BCUT2D eigenvalue weighted by Crippen LogP contribution is -2.13. The van der Waals surface area contributed by atoms with Gasteiger partial charge in [-0.25, -0.2) is 4.39 Å². The van der Waals surface area contributed by atoms with Gasteiger partial charge in [0.25, 0.3) is 6.47 Å². The maximum atomic E-state index is 12.9. The molecule has 0 radical (unpaired) electrons. The Labute approximate surface area is 93.0 Å². The molecule has 0 bridgehead atoms. The highest BCUT2D eigenvalue weighted by Crippen LogP contribution is 2.31. The molecule has 3 nitrogen and oxygen atoms in total. The number of carbonyl (C=O) groups excluding carboxylic acids is 2. The molecule has 0 fully saturated rings. The van der Waals surface area contributed by atoms with Crippen LogP contribution in [0.5, 0.6) is 0 Å². The second kappa shape index (κ2) is 4.94. The van der Waals surface area contributed by atoms with E-state index in [0.29, 0.717) is 12.1 Å². The van der Waals surface area contributed by atoms with Crippen LogP contribution in [0.4, 0.5) is 17.6 Å². The molecule has 7 heteroatoms. The first-order chi connectivity index (χ1) is 7.86. The molecule has 0 unspecified atom stereocenters. The first-order valence-electron chi connectivity index (χ1n) is 4.31. The van der Waals surface area contributed by atoms with Crippen LogP contribution < -0.4 is 0 Å². The van der Waals surface area contributed by atoms with Crippen molar-refractivity contribution in [3.8, 4) is 0 Å². The number of carbonyl (C=O) groups is 2. The van der Waals surface area contributed by atoms with Gasteiger partial charge in [-0.15, -0.1) is 0 Å². The number of rotatable bonds is 4. The number of halogens is 4. The summed E-state index contributed by atoms with van der Waals surface area (Å²) in [6.07, 6.45) is -4.88. The Hall–Kier alpha value is -1.92. The third kappa shape index (κ3) is 3.27. The lowest BCUT2D eigenvalue weighted by Gasteiger charge is -2.09. The van der Waals surface area contributed by atoms with E-state index in [1.165, 1.54) is 0 Å². The number of ketones is 1. The molecule has 1 rings (SSSR count). The van der Waals surface area contributed by atoms with E-state index in [9.17, 15) is 27.2 Å². The zero-order valence-corrected chi connectivity index (χ0v) is 8.25. The van der Waals surface area contributed by atoms with Crippen molar-refractivity contribution in [1.29, 1.82) is 0 Å². The van der Waals surface area contributed by atoms with Gasteiger partial charge in [-0.1, -0.05) is 0 Å². The van der Waals surface area contributed by atoms with Crippen LogP contribution in [0, 0.1) is 5.82 Å². The van der Waals surface area contributed by atoms with E-state index in [2.05, 4.69) is 4.74 Å². The maximum absolute atomic E-state index is 12.9. The molecule has 0 aliphatic carbocycles. The highest BCUT2D eigenvalue weighted by Gasteiger charge is 2.34. The van der Waals surface area contributed by atoms with Crippen molar-refractivity contribution < 1.29 is 31.9 Å². The van der Waals surface area contributed by atoms with Crippen molar-refractivity contribution >= 4 is 12.3 Å². The van der Waals surface area contributed by atoms with Crippen LogP contribution in [-0.2, 0) is 15.7 Å². The molecule has 0 saturated heterocycles. The van der Waals surface area contributed by atoms with Crippen LogP contribution in [0.15, 0.2) is 18.2 Å². The topological polar surface area (TPSA) is 43.4 Å². The van der Waals surface area contributed by atoms with Gasteiger partial charge < -0.3 is 4.74 Å². The summed E-state index contributed by atoms with van der Waals surface area (Å²) in [5, 5.41) is 0. The summed E-state index contributed by atoms with van der Waals surface area (Å²) in [6.45, 7) is -0.696. The fourth-order valence-electron chi connectivity index (χ4n) is 1.11. The van der Waals surface area contributed by atoms with Gasteiger partial charge in [0.2, 0.25) is 0 Å². The summed E-state index contributed by atoms with van der Waals surface area (Å²) in [6, 6.07) is 1.81. The van der Waals surface area contributed by atoms with E-state index in [4.69, 9.17) is 0 Å². The van der Waals surface area contributed by atoms with Crippen LogP contribution in [0.3, 0.4) is 0 Å². The predicted molar refractivity (Wildman–Crippen MR) is 47.7 cm³/mol. The average Bonchev–Trinajstić information content (AvgIpc) is 2.25. The summed E-state index contributed by atoms with van der Waals surface area (Å²) < 4.78 is 53.9. The standard InChI is InChI=1S/C10H6F4O3/c11-8-2-1-6(9(16)4-17-5-15)3-7(8)10(12,13)14/h1-3,5H,4H2. The van der Waals surface area contributed by atoms with Crippen LogP contribution in [0.1, 0.15) is 15.9 Å². The van der Waals surface area contributed by atoms with Crippen molar-refractivity contribution in [2.75, 3.05) is 6.61 Å². The quantitative estimate of drug-likeness (QED) is 0.467. The second-order valence-electron chi connectivity index (χ2n) is 3.02. The monoisotopic (exact) mass is 250 g/mol. The third-order valence-corrected chi connectivity index (χ3v) is 1.88. The molecular weight excluding hydrogens is 244 g/mol. The van der Waals surface area contributed by atoms with E-state index < -0.39 is 29.9 Å². The fourth-order valence-corrected chi connectivity index (χ4v) is 1.11. The van der Waals surface area contributed by atoms with E-state index >= 15 is 0 Å². The molecule has 0 heterocycles. The molecule has 0 spiro atoms. The summed E-state index contributed by atoms with van der Waals surface area (Å²) in [5.41, 5.74) is -1.91. The second-order valence-corrected chi connectivity index (χ2v) is 3.02. The van der Waals surface area contributed by atoms with Gasteiger partial charge in [0.1, 0.15) is 5.82 Å². The van der Waals surface area contributed by atoms with Crippen LogP contribution in [0.2, 0.25) is 0 Å². The Morgan fingerprint density at radius 1 is 1.35 bits per heavy atom. The van der Waals surface area contributed by atoms with Crippen molar-refractivity contribution in [1.82, 2.24) is 0 Å². The molecule has 0 aliphatic rings. The van der Waals surface area contributed by atoms with Gasteiger partial charge in [-0.2, -0.15) is 13.2 Å². The van der Waals surface area contributed by atoms with Gasteiger partial charge in [-0.05, 0) is 18.2 Å². The highest BCUT2D eigenvalue weighted by atomic mass is 19.4. The van der Waals surface area contributed by atoms with Gasteiger partial charge >= 0.3 is 6.18 Å².